The first-order chi connectivity index (χ1) is 10.7. The summed E-state index contributed by atoms with van der Waals surface area (Å²) in [6.45, 7) is 0. The molecule has 2 aromatic rings. The normalized spacial score (nSPS) is 14.1. The van der Waals surface area contributed by atoms with Gasteiger partial charge in [-0.15, -0.1) is 0 Å². The number of aryl methyl sites for hydroxylation is 1. The van der Waals surface area contributed by atoms with Crippen LogP contribution in [0.1, 0.15) is 35.3 Å². The molecule has 1 aromatic carbocycles. The van der Waals surface area contributed by atoms with Crippen LogP contribution in [0.3, 0.4) is 0 Å². The number of ketones is 1. The molecule has 1 aliphatic carbocycles. The number of nitrogens with zero attached hydrogens (tertiary/aromatic N) is 1. The minimum absolute atomic E-state index is 0.101. The first-order valence-corrected chi connectivity index (χ1v) is 7.36. The third-order valence-electron chi connectivity index (χ3n) is 4.02. The summed E-state index contributed by atoms with van der Waals surface area (Å²) >= 11 is 0. The summed E-state index contributed by atoms with van der Waals surface area (Å²) in [7, 11) is 1.59. The molecule has 0 saturated heterocycles. The molecule has 0 fully saturated rings. The van der Waals surface area contributed by atoms with Crippen molar-refractivity contribution in [3.8, 4) is 5.75 Å². The summed E-state index contributed by atoms with van der Waals surface area (Å²) in [5, 5.41) is 0. The SMILES string of the molecule is COc1ccc(N(C=O)c2c[nH]c3c2C(=O)CCCC3)cc1. The van der Waals surface area contributed by atoms with E-state index in [0.717, 1.165) is 37.1 Å². The van der Waals surface area contributed by atoms with E-state index in [2.05, 4.69) is 4.98 Å². The third-order valence-corrected chi connectivity index (χ3v) is 4.02. The van der Waals surface area contributed by atoms with Crippen LogP contribution in [0.15, 0.2) is 30.5 Å². The molecule has 0 spiro atoms. The zero-order chi connectivity index (χ0) is 15.5. The summed E-state index contributed by atoms with van der Waals surface area (Å²) in [6.07, 6.45) is 5.74. The summed E-state index contributed by atoms with van der Waals surface area (Å²) in [5.41, 5.74) is 2.91. The second-order valence-corrected chi connectivity index (χ2v) is 5.33. The zero-order valence-corrected chi connectivity index (χ0v) is 12.5. The van der Waals surface area contributed by atoms with E-state index in [9.17, 15) is 9.59 Å². The maximum absolute atomic E-state index is 12.4. The van der Waals surface area contributed by atoms with E-state index in [1.165, 1.54) is 4.90 Å². The Labute approximate surface area is 128 Å². The van der Waals surface area contributed by atoms with Crippen LogP contribution in [-0.2, 0) is 11.2 Å². The van der Waals surface area contributed by atoms with E-state index in [4.69, 9.17) is 4.74 Å². The molecule has 5 heteroatoms. The molecule has 0 aliphatic heterocycles. The Kier molecular flexibility index (Phi) is 3.96. The van der Waals surface area contributed by atoms with Crippen LogP contribution in [0.5, 0.6) is 5.75 Å². The number of hydrogen-bond donors (Lipinski definition) is 1. The molecule has 5 nitrogen and oxygen atoms in total. The average molecular weight is 298 g/mol. The molecule has 22 heavy (non-hydrogen) atoms. The molecule has 3 rings (SSSR count). The number of Topliss-reactive ketones (excluding diaryl/α,β-unsaturated/α-hetero) is 1. The van der Waals surface area contributed by atoms with Crippen molar-refractivity contribution < 1.29 is 14.3 Å². The van der Waals surface area contributed by atoms with Gasteiger partial charge >= 0.3 is 0 Å². The molecule has 0 unspecified atom stereocenters. The molecule has 1 heterocycles. The predicted molar refractivity (Wildman–Crippen MR) is 83.9 cm³/mol. The number of ether oxygens (including phenoxy) is 1. The Morgan fingerprint density at radius 1 is 1.18 bits per heavy atom. The summed E-state index contributed by atoms with van der Waals surface area (Å²) < 4.78 is 5.13. The number of rotatable bonds is 4. The highest BCUT2D eigenvalue weighted by Gasteiger charge is 2.24. The number of aromatic amines is 1. The number of nitrogens with one attached hydrogen (secondary N) is 1. The lowest BCUT2D eigenvalue weighted by Crippen LogP contribution is -2.16. The number of carbonyl (C=O) groups excluding carboxylic acids is 2. The highest BCUT2D eigenvalue weighted by atomic mass is 16.5. The minimum atomic E-state index is 0.101. The predicted octanol–water partition coefficient (Wildman–Crippen LogP) is 3.23. The van der Waals surface area contributed by atoms with Crippen LogP contribution in [0.25, 0.3) is 0 Å². The number of aromatic nitrogens is 1. The van der Waals surface area contributed by atoms with Gasteiger partial charge in [-0.2, -0.15) is 0 Å². The largest absolute Gasteiger partial charge is 0.497 e. The van der Waals surface area contributed by atoms with Gasteiger partial charge in [-0.1, -0.05) is 0 Å². The van der Waals surface area contributed by atoms with E-state index in [1.54, 1.807) is 37.6 Å². The fraction of sp³-hybridized carbons (Fsp3) is 0.294. The van der Waals surface area contributed by atoms with Crippen LogP contribution in [0.4, 0.5) is 11.4 Å². The van der Waals surface area contributed by atoms with Gasteiger partial charge in [-0.25, -0.2) is 0 Å². The third kappa shape index (κ3) is 2.50. The van der Waals surface area contributed by atoms with E-state index >= 15 is 0 Å². The van der Waals surface area contributed by atoms with Crippen LogP contribution >= 0.6 is 0 Å². The molecular weight excluding hydrogens is 280 g/mol. The Morgan fingerprint density at radius 2 is 1.91 bits per heavy atom. The van der Waals surface area contributed by atoms with E-state index in [1.807, 2.05) is 0 Å². The topological polar surface area (TPSA) is 62.4 Å². The lowest BCUT2D eigenvalue weighted by Gasteiger charge is -2.18. The molecule has 1 N–H and O–H groups in total. The van der Waals surface area contributed by atoms with E-state index in [-0.39, 0.29) is 5.78 Å². The monoisotopic (exact) mass is 298 g/mol. The van der Waals surface area contributed by atoms with E-state index in [0.29, 0.717) is 23.4 Å². The number of carbonyl (C=O) groups is 2. The quantitative estimate of drug-likeness (QED) is 0.696. The van der Waals surface area contributed by atoms with Crippen LogP contribution in [-0.4, -0.2) is 24.3 Å². The van der Waals surface area contributed by atoms with Crippen molar-refractivity contribution in [1.82, 2.24) is 4.98 Å². The lowest BCUT2D eigenvalue weighted by molar-refractivity contribution is -0.106. The fourth-order valence-electron chi connectivity index (χ4n) is 2.86. The highest BCUT2D eigenvalue weighted by Crippen LogP contribution is 2.33. The van der Waals surface area contributed by atoms with Gasteiger partial charge < -0.3 is 9.72 Å². The molecule has 114 valence electrons. The minimum Gasteiger partial charge on any atom is -0.497 e. The van der Waals surface area contributed by atoms with Crippen molar-refractivity contribution in [3.05, 3.63) is 41.7 Å². The number of fused-ring (bicyclic) bond motifs is 1. The van der Waals surface area contributed by atoms with Gasteiger partial charge in [0.2, 0.25) is 6.41 Å². The van der Waals surface area contributed by atoms with Gasteiger partial charge in [0.25, 0.3) is 0 Å². The Balaban J connectivity index is 2.02. The van der Waals surface area contributed by atoms with Crippen LogP contribution in [0.2, 0.25) is 0 Å². The fourth-order valence-corrected chi connectivity index (χ4v) is 2.86. The lowest BCUT2D eigenvalue weighted by atomic mass is 10.1. The molecule has 0 radical (unpaired) electrons. The van der Waals surface area contributed by atoms with E-state index < -0.39 is 0 Å². The number of anilines is 2. The average Bonchev–Trinajstić information content (AvgIpc) is 2.87. The second kappa shape index (κ2) is 6.05. The highest BCUT2D eigenvalue weighted by molar-refractivity contribution is 6.06. The molecular formula is C17H18N2O3. The van der Waals surface area contributed by atoms with Crippen molar-refractivity contribution in [2.75, 3.05) is 12.0 Å². The number of amides is 1. The Morgan fingerprint density at radius 3 is 2.59 bits per heavy atom. The molecule has 0 atom stereocenters. The van der Waals surface area contributed by atoms with Gasteiger partial charge in [-0.3, -0.25) is 14.5 Å². The summed E-state index contributed by atoms with van der Waals surface area (Å²) in [5.74, 6) is 0.822. The van der Waals surface area contributed by atoms with Gasteiger partial charge in [0, 0.05) is 24.0 Å². The number of H-pyrrole nitrogens is 1. The Bertz CT molecular complexity index is 688. The first-order valence-electron chi connectivity index (χ1n) is 7.36. The molecule has 0 saturated carbocycles. The maximum Gasteiger partial charge on any atom is 0.218 e. The van der Waals surface area contributed by atoms with Crippen LogP contribution in [0, 0.1) is 0 Å². The number of hydrogen-bond acceptors (Lipinski definition) is 3. The summed E-state index contributed by atoms with van der Waals surface area (Å²) in [6, 6.07) is 7.18. The number of benzene rings is 1. The molecule has 1 aromatic heterocycles. The second-order valence-electron chi connectivity index (χ2n) is 5.33. The van der Waals surface area contributed by atoms with Gasteiger partial charge in [0.05, 0.1) is 18.4 Å². The molecule has 1 aliphatic rings. The first kappa shape index (κ1) is 14.4. The molecule has 1 amide bonds. The van der Waals surface area contributed by atoms with Crippen molar-refractivity contribution in [2.24, 2.45) is 0 Å². The molecule has 0 bridgehead atoms. The van der Waals surface area contributed by atoms with Gasteiger partial charge in [-0.05, 0) is 43.5 Å². The zero-order valence-electron chi connectivity index (χ0n) is 12.5. The Hall–Kier alpha value is -2.56. The van der Waals surface area contributed by atoms with Gasteiger partial charge in [0.15, 0.2) is 5.78 Å². The maximum atomic E-state index is 12.4. The standard InChI is InChI=1S/C17H18N2O3/c1-22-13-8-6-12(7-9-13)19(11-20)15-10-18-14-4-2-3-5-16(21)17(14)15/h6-11,18H,2-5H2,1H3. The smallest absolute Gasteiger partial charge is 0.218 e. The van der Waals surface area contributed by atoms with Crippen LogP contribution < -0.4 is 9.64 Å². The van der Waals surface area contributed by atoms with Crippen molar-refractivity contribution in [3.63, 3.8) is 0 Å². The summed E-state index contributed by atoms with van der Waals surface area (Å²) in [4.78, 5) is 28.6. The van der Waals surface area contributed by atoms with Crippen molar-refractivity contribution >= 4 is 23.6 Å². The van der Waals surface area contributed by atoms with Crippen molar-refractivity contribution in [1.29, 1.82) is 0 Å². The van der Waals surface area contributed by atoms with Gasteiger partial charge in [0.1, 0.15) is 5.75 Å². The van der Waals surface area contributed by atoms with Crippen molar-refractivity contribution in [2.45, 2.75) is 25.7 Å². The number of methoxy groups -OCH3 is 1.